The van der Waals surface area contributed by atoms with Gasteiger partial charge in [0.15, 0.2) is 5.75 Å². The number of likely N-dealkylation sites (N-methyl/N-ethyl adjacent to an activating group) is 1. The van der Waals surface area contributed by atoms with Gasteiger partial charge in [0, 0.05) is 13.1 Å². The summed E-state index contributed by atoms with van der Waals surface area (Å²) in [7, 11) is 4.05. The van der Waals surface area contributed by atoms with E-state index in [0.717, 1.165) is 12.4 Å². The lowest BCUT2D eigenvalue weighted by Gasteiger charge is -2.18. The third-order valence-electron chi connectivity index (χ3n) is 2.80. The molecule has 0 bridgehead atoms. The molecule has 0 radical (unpaired) electrons. The van der Waals surface area contributed by atoms with E-state index in [0.29, 0.717) is 6.04 Å². The number of likely N-dealkylation sites (tertiary alicyclic amines) is 1. The van der Waals surface area contributed by atoms with Crippen molar-refractivity contribution in [1.29, 1.82) is 0 Å². The number of hydrogen-bond donors (Lipinski definition) is 0. The first-order chi connectivity index (χ1) is 6.75. The predicted octanol–water partition coefficient (Wildman–Crippen LogP) is 0.893. The molecule has 0 N–H and O–H groups in total. The van der Waals surface area contributed by atoms with Gasteiger partial charge >= 0.3 is 0 Å². The Kier molecular flexibility index (Phi) is 2.72. The molecule has 1 fully saturated rings. The van der Waals surface area contributed by atoms with Crippen molar-refractivity contribution in [3.63, 3.8) is 0 Å². The van der Waals surface area contributed by atoms with E-state index in [1.165, 1.54) is 19.4 Å². The Morgan fingerprint density at radius 3 is 3.00 bits per heavy atom. The van der Waals surface area contributed by atoms with Crippen molar-refractivity contribution in [2.75, 3.05) is 20.2 Å². The minimum Gasteiger partial charge on any atom is -0.489 e. The lowest BCUT2D eigenvalue weighted by molar-refractivity contribution is 0.198. The molecule has 2 heterocycles. The largest absolute Gasteiger partial charge is 0.489 e. The highest BCUT2D eigenvalue weighted by atomic mass is 16.5. The molecule has 0 aliphatic carbocycles. The van der Waals surface area contributed by atoms with Gasteiger partial charge in [0.2, 0.25) is 0 Å². The summed E-state index contributed by atoms with van der Waals surface area (Å²) in [4.78, 5) is 2.36. The monoisotopic (exact) mass is 195 g/mol. The van der Waals surface area contributed by atoms with E-state index >= 15 is 0 Å². The van der Waals surface area contributed by atoms with Crippen molar-refractivity contribution >= 4 is 0 Å². The number of aromatic nitrogens is 2. The molecule has 0 aromatic carbocycles. The van der Waals surface area contributed by atoms with Crippen LogP contribution in [0.4, 0.5) is 0 Å². The minimum absolute atomic E-state index is 0.579. The average molecular weight is 195 g/mol. The summed E-state index contributed by atoms with van der Waals surface area (Å²) in [5.41, 5.74) is 0. The van der Waals surface area contributed by atoms with Crippen LogP contribution >= 0.6 is 0 Å². The molecule has 1 saturated heterocycles. The van der Waals surface area contributed by atoms with Gasteiger partial charge < -0.3 is 9.64 Å². The summed E-state index contributed by atoms with van der Waals surface area (Å²) in [6.45, 7) is 1.98. The molecule has 0 amide bonds. The van der Waals surface area contributed by atoms with Crippen LogP contribution in [0.5, 0.6) is 5.75 Å². The Bertz CT molecular complexity index is 297. The molecule has 4 heteroatoms. The number of aryl methyl sites for hydroxylation is 1. The van der Waals surface area contributed by atoms with E-state index in [9.17, 15) is 0 Å². The highest BCUT2D eigenvalue weighted by molar-refractivity contribution is 5.11. The van der Waals surface area contributed by atoms with E-state index < -0.39 is 0 Å². The Labute approximate surface area is 84.5 Å². The van der Waals surface area contributed by atoms with Gasteiger partial charge in [-0.25, -0.2) is 0 Å². The van der Waals surface area contributed by atoms with Crippen LogP contribution < -0.4 is 4.74 Å². The SMILES string of the molecule is CN1CCC[C@@H]1COc1cnn(C)c1. The van der Waals surface area contributed by atoms with Gasteiger partial charge in [0.25, 0.3) is 0 Å². The van der Waals surface area contributed by atoms with E-state index in [1.54, 1.807) is 10.9 Å². The third kappa shape index (κ3) is 2.07. The fourth-order valence-electron chi connectivity index (χ4n) is 1.86. The predicted molar refractivity (Wildman–Crippen MR) is 54.4 cm³/mol. The van der Waals surface area contributed by atoms with Gasteiger partial charge in [-0.15, -0.1) is 0 Å². The molecule has 1 aromatic rings. The summed E-state index contributed by atoms with van der Waals surface area (Å²) in [6, 6.07) is 0.579. The van der Waals surface area contributed by atoms with Crippen LogP contribution in [0.1, 0.15) is 12.8 Å². The molecule has 14 heavy (non-hydrogen) atoms. The molecule has 1 aromatic heterocycles. The Morgan fingerprint density at radius 1 is 1.57 bits per heavy atom. The number of nitrogens with zero attached hydrogens (tertiary/aromatic N) is 3. The molecule has 0 spiro atoms. The maximum absolute atomic E-state index is 5.66. The van der Waals surface area contributed by atoms with E-state index in [-0.39, 0.29) is 0 Å². The summed E-state index contributed by atoms with van der Waals surface area (Å²) in [5, 5.41) is 4.06. The lowest BCUT2D eigenvalue weighted by atomic mass is 10.2. The smallest absolute Gasteiger partial charge is 0.157 e. The molecule has 1 atom stereocenters. The van der Waals surface area contributed by atoms with Crippen molar-refractivity contribution < 1.29 is 4.74 Å². The molecule has 1 aliphatic heterocycles. The molecule has 78 valence electrons. The van der Waals surface area contributed by atoms with Crippen molar-refractivity contribution in [2.24, 2.45) is 7.05 Å². The molecule has 1 aliphatic rings. The zero-order valence-electron chi connectivity index (χ0n) is 8.81. The van der Waals surface area contributed by atoms with Gasteiger partial charge in [-0.05, 0) is 26.4 Å². The fraction of sp³-hybridized carbons (Fsp3) is 0.700. The topological polar surface area (TPSA) is 30.3 Å². The van der Waals surface area contributed by atoms with Crippen LogP contribution in [-0.2, 0) is 7.05 Å². The highest BCUT2D eigenvalue weighted by Crippen LogP contribution is 2.16. The normalized spacial score (nSPS) is 22.9. The molecule has 4 nitrogen and oxygen atoms in total. The van der Waals surface area contributed by atoms with Crippen LogP contribution in [0.3, 0.4) is 0 Å². The van der Waals surface area contributed by atoms with Gasteiger partial charge in [-0.2, -0.15) is 5.10 Å². The van der Waals surface area contributed by atoms with Crippen LogP contribution in [0, 0.1) is 0 Å². The van der Waals surface area contributed by atoms with Crippen LogP contribution in [0.15, 0.2) is 12.4 Å². The number of hydrogen-bond acceptors (Lipinski definition) is 3. The zero-order chi connectivity index (χ0) is 9.97. The average Bonchev–Trinajstić information content (AvgIpc) is 2.72. The summed E-state index contributed by atoms with van der Waals surface area (Å²) in [5.74, 6) is 0.868. The summed E-state index contributed by atoms with van der Waals surface area (Å²) >= 11 is 0. The molecular formula is C10H17N3O. The first-order valence-electron chi connectivity index (χ1n) is 5.07. The molecule has 0 unspecified atom stereocenters. The second-order valence-corrected chi connectivity index (χ2v) is 3.94. The van der Waals surface area contributed by atoms with Crippen molar-refractivity contribution in [3.05, 3.63) is 12.4 Å². The standard InChI is InChI=1S/C10H17N3O/c1-12-5-3-4-9(12)8-14-10-6-11-13(2)7-10/h6-7,9H,3-5,8H2,1-2H3/t9-/m1/s1. The van der Waals surface area contributed by atoms with Gasteiger partial charge in [-0.1, -0.05) is 0 Å². The highest BCUT2D eigenvalue weighted by Gasteiger charge is 2.21. The van der Waals surface area contributed by atoms with Crippen molar-refractivity contribution in [1.82, 2.24) is 14.7 Å². The Morgan fingerprint density at radius 2 is 2.43 bits per heavy atom. The fourth-order valence-corrected chi connectivity index (χ4v) is 1.86. The van der Waals surface area contributed by atoms with E-state index in [4.69, 9.17) is 4.74 Å². The Hall–Kier alpha value is -1.03. The zero-order valence-corrected chi connectivity index (χ0v) is 8.81. The number of rotatable bonds is 3. The number of ether oxygens (including phenoxy) is 1. The lowest BCUT2D eigenvalue weighted by Crippen LogP contribution is -2.30. The van der Waals surface area contributed by atoms with Gasteiger partial charge in [0.05, 0.1) is 12.4 Å². The van der Waals surface area contributed by atoms with Crippen LogP contribution in [0.25, 0.3) is 0 Å². The van der Waals surface area contributed by atoms with E-state index in [2.05, 4.69) is 17.0 Å². The Balaban J connectivity index is 1.82. The first kappa shape index (κ1) is 9.52. The molecule has 2 rings (SSSR count). The molecule has 0 saturated carbocycles. The van der Waals surface area contributed by atoms with Crippen molar-refractivity contribution in [2.45, 2.75) is 18.9 Å². The second-order valence-electron chi connectivity index (χ2n) is 3.94. The van der Waals surface area contributed by atoms with E-state index in [1.807, 2.05) is 13.2 Å². The summed E-state index contributed by atoms with van der Waals surface area (Å²) < 4.78 is 7.41. The maximum atomic E-state index is 5.66. The third-order valence-corrected chi connectivity index (χ3v) is 2.80. The minimum atomic E-state index is 0.579. The van der Waals surface area contributed by atoms with Gasteiger partial charge in [0.1, 0.15) is 6.61 Å². The maximum Gasteiger partial charge on any atom is 0.157 e. The van der Waals surface area contributed by atoms with Gasteiger partial charge in [-0.3, -0.25) is 4.68 Å². The van der Waals surface area contributed by atoms with Crippen LogP contribution in [0.2, 0.25) is 0 Å². The van der Waals surface area contributed by atoms with Crippen molar-refractivity contribution in [3.8, 4) is 5.75 Å². The molecular weight excluding hydrogens is 178 g/mol. The quantitative estimate of drug-likeness (QED) is 0.717. The second kappa shape index (κ2) is 4.00. The first-order valence-corrected chi connectivity index (χ1v) is 5.07. The van der Waals surface area contributed by atoms with Crippen LogP contribution in [-0.4, -0.2) is 40.9 Å². The summed E-state index contributed by atoms with van der Waals surface area (Å²) in [6.07, 6.45) is 6.19.